The van der Waals surface area contributed by atoms with Gasteiger partial charge >= 0.3 is 0 Å². The van der Waals surface area contributed by atoms with Crippen LogP contribution in [-0.4, -0.2) is 62.1 Å². The molecule has 0 saturated carbocycles. The van der Waals surface area contributed by atoms with Crippen LogP contribution in [0.2, 0.25) is 0 Å². The quantitative estimate of drug-likeness (QED) is 0.746. The highest BCUT2D eigenvalue weighted by molar-refractivity contribution is 7.89. The minimum atomic E-state index is -2.89. The topological polar surface area (TPSA) is 74.8 Å². The summed E-state index contributed by atoms with van der Waals surface area (Å²) in [5.41, 5.74) is 0. The van der Waals surface area contributed by atoms with Crippen molar-refractivity contribution in [1.29, 1.82) is 0 Å². The largest absolute Gasteiger partial charge is 0.214 e. The maximum Gasteiger partial charge on any atom is 0.214 e. The first-order valence-corrected chi connectivity index (χ1v) is 10.8. The van der Waals surface area contributed by atoms with E-state index in [9.17, 15) is 16.8 Å². The van der Waals surface area contributed by atoms with Gasteiger partial charge in [0.05, 0.1) is 11.5 Å². The van der Waals surface area contributed by atoms with Crippen molar-refractivity contribution in [1.82, 2.24) is 8.61 Å². The highest BCUT2D eigenvalue weighted by Crippen LogP contribution is 2.16. The van der Waals surface area contributed by atoms with Crippen LogP contribution < -0.4 is 0 Å². The Kier molecular flexibility index (Phi) is 10.9. The number of rotatable bonds is 2. The van der Waals surface area contributed by atoms with Crippen LogP contribution in [0.5, 0.6) is 0 Å². The van der Waals surface area contributed by atoms with E-state index in [0.717, 1.165) is 19.3 Å². The van der Waals surface area contributed by atoms with Gasteiger partial charge in [-0.1, -0.05) is 14.9 Å². The third-order valence-corrected chi connectivity index (χ3v) is 7.92. The minimum Gasteiger partial charge on any atom is -0.212 e. The average Bonchev–Trinajstić information content (AvgIpc) is 2.68. The molecule has 0 atom stereocenters. The average molecular weight is 373 g/mol. The Bertz CT molecular complexity index is 528. The van der Waals surface area contributed by atoms with Crippen molar-refractivity contribution in [3.05, 3.63) is 0 Å². The van der Waals surface area contributed by atoms with Crippen molar-refractivity contribution in [3.8, 4) is 0 Å². The van der Waals surface area contributed by atoms with Crippen LogP contribution in [0.15, 0.2) is 0 Å². The smallest absolute Gasteiger partial charge is 0.212 e. The van der Waals surface area contributed by atoms with Gasteiger partial charge in [0.25, 0.3) is 0 Å². The van der Waals surface area contributed by atoms with E-state index in [1.54, 1.807) is 8.61 Å². The van der Waals surface area contributed by atoms with Gasteiger partial charge in [0.15, 0.2) is 0 Å². The molecule has 0 aromatic heterocycles. The van der Waals surface area contributed by atoms with Crippen molar-refractivity contribution in [2.75, 3.05) is 24.6 Å². The maximum absolute atomic E-state index is 11.3. The van der Waals surface area contributed by atoms with E-state index in [1.807, 2.05) is 27.7 Å². The van der Waals surface area contributed by atoms with Crippen LogP contribution in [0, 0.1) is 0 Å². The monoisotopic (exact) mass is 372 g/mol. The van der Waals surface area contributed by atoms with Crippen molar-refractivity contribution < 1.29 is 16.8 Å². The molecule has 6 nitrogen and oxygen atoms in total. The van der Waals surface area contributed by atoms with Crippen LogP contribution in [0.3, 0.4) is 0 Å². The number of hydrogen-bond acceptors (Lipinski definition) is 4. The van der Waals surface area contributed by atoms with E-state index in [1.165, 1.54) is 0 Å². The van der Waals surface area contributed by atoms with Gasteiger partial charge in [-0.3, -0.25) is 0 Å². The van der Waals surface area contributed by atoms with Gasteiger partial charge in [-0.25, -0.2) is 16.8 Å². The van der Waals surface area contributed by atoms with Crippen molar-refractivity contribution in [2.24, 2.45) is 0 Å². The zero-order chi connectivity index (χ0) is 16.3. The molecular formula is C15H36N2O4S2. The number of nitrogens with zero attached hydrogens (tertiary/aromatic N) is 2. The van der Waals surface area contributed by atoms with Gasteiger partial charge in [-0.05, 0) is 47.0 Å². The van der Waals surface area contributed by atoms with Gasteiger partial charge < -0.3 is 0 Å². The van der Waals surface area contributed by atoms with E-state index in [2.05, 4.69) is 0 Å². The highest BCUT2D eigenvalue weighted by Gasteiger charge is 2.29. The fourth-order valence-electron chi connectivity index (χ4n) is 2.63. The van der Waals surface area contributed by atoms with Crippen LogP contribution in [-0.2, 0) is 20.0 Å². The van der Waals surface area contributed by atoms with Gasteiger partial charge in [-0.2, -0.15) is 8.61 Å². The molecule has 0 aromatic rings. The zero-order valence-electron chi connectivity index (χ0n) is 13.4. The molecule has 2 aliphatic heterocycles. The molecule has 2 saturated heterocycles. The van der Waals surface area contributed by atoms with Crippen LogP contribution in [0.1, 0.15) is 61.8 Å². The molecule has 0 radical (unpaired) electrons. The fourth-order valence-corrected chi connectivity index (χ4v) is 6.26. The van der Waals surface area contributed by atoms with E-state index in [4.69, 9.17) is 0 Å². The lowest BCUT2D eigenvalue weighted by atomic mass is 10.3. The summed E-state index contributed by atoms with van der Waals surface area (Å²) >= 11 is 0. The molecule has 0 spiro atoms. The molecule has 8 heteroatoms. The van der Waals surface area contributed by atoms with Crippen LogP contribution >= 0.6 is 0 Å². The summed E-state index contributed by atoms with van der Waals surface area (Å²) < 4.78 is 48.1. The van der Waals surface area contributed by atoms with Gasteiger partial charge in [-0.15, -0.1) is 0 Å². The second kappa shape index (κ2) is 9.96. The molecule has 0 bridgehead atoms. The summed E-state index contributed by atoms with van der Waals surface area (Å²) in [7, 11) is -5.74. The molecule has 0 aromatic carbocycles. The molecule has 0 unspecified atom stereocenters. The molecule has 23 heavy (non-hydrogen) atoms. The molecule has 2 aliphatic rings. The first-order valence-electron chi connectivity index (χ1n) is 7.57. The second-order valence-electron chi connectivity index (χ2n) is 6.10. The van der Waals surface area contributed by atoms with E-state index < -0.39 is 20.0 Å². The highest BCUT2D eigenvalue weighted by atomic mass is 32.2. The third-order valence-electron chi connectivity index (χ3n) is 3.68. The molecule has 142 valence electrons. The van der Waals surface area contributed by atoms with E-state index >= 15 is 0 Å². The third kappa shape index (κ3) is 7.07. The lowest BCUT2D eigenvalue weighted by molar-refractivity contribution is 0.333. The van der Waals surface area contributed by atoms with E-state index in [0.29, 0.717) is 24.6 Å². The molecular weight excluding hydrogens is 336 g/mol. The Hall–Kier alpha value is -0.180. The van der Waals surface area contributed by atoms with Gasteiger partial charge in [0.1, 0.15) is 0 Å². The normalized spacial score (nSPS) is 23.6. The fraction of sp³-hybridized carbons (Fsp3) is 1.00. The summed E-state index contributed by atoms with van der Waals surface area (Å²) in [6, 6.07) is 0.257. The summed E-state index contributed by atoms with van der Waals surface area (Å²) in [5.74, 6) is 0.677. The Morgan fingerprint density at radius 2 is 1.00 bits per heavy atom. The Morgan fingerprint density at radius 3 is 1.22 bits per heavy atom. The van der Waals surface area contributed by atoms with Crippen molar-refractivity contribution in [3.63, 3.8) is 0 Å². The second-order valence-corrected chi connectivity index (χ2v) is 10.2. The van der Waals surface area contributed by atoms with Gasteiger partial charge in [0, 0.05) is 25.2 Å². The van der Waals surface area contributed by atoms with E-state index in [-0.39, 0.29) is 26.9 Å². The van der Waals surface area contributed by atoms with Crippen LogP contribution in [0.25, 0.3) is 0 Å². The maximum atomic E-state index is 11.3. The van der Waals surface area contributed by atoms with Gasteiger partial charge in [0.2, 0.25) is 20.0 Å². The number of hydrogen-bond donors (Lipinski definition) is 0. The molecule has 2 fully saturated rings. The standard InChI is InChI=1S/C7H15NO2S.C6H13NO2S.2CH4/c1-7(2)8-5-3-4-6-11(8,9)10;1-6(2)7-4-3-5-10(7,8)9;;/h7H,3-6H2,1-2H3;6H,3-5H2,1-2H3;2*1H4. The molecule has 2 heterocycles. The SMILES string of the molecule is C.C.CC(C)N1CCCCS1(=O)=O.CC(C)N1CCCS1(=O)=O. The lowest BCUT2D eigenvalue weighted by Gasteiger charge is -2.29. The minimum absolute atomic E-state index is 0. The lowest BCUT2D eigenvalue weighted by Crippen LogP contribution is -2.42. The summed E-state index contributed by atoms with van der Waals surface area (Å²) in [6.07, 6.45) is 2.63. The summed E-state index contributed by atoms with van der Waals surface area (Å²) in [4.78, 5) is 0. The van der Waals surface area contributed by atoms with Crippen molar-refractivity contribution >= 4 is 20.0 Å². The molecule has 0 amide bonds. The van der Waals surface area contributed by atoms with Crippen LogP contribution in [0.4, 0.5) is 0 Å². The summed E-state index contributed by atoms with van der Waals surface area (Å²) in [5, 5.41) is 0. The molecule has 0 N–H and O–H groups in total. The first-order chi connectivity index (χ1) is 9.58. The molecule has 2 rings (SSSR count). The Morgan fingerprint density at radius 1 is 0.652 bits per heavy atom. The number of sulfonamides is 2. The summed E-state index contributed by atoms with van der Waals surface area (Å²) in [6.45, 7) is 9.07. The van der Waals surface area contributed by atoms with Crippen molar-refractivity contribution in [2.45, 2.75) is 73.9 Å². The predicted molar refractivity (Wildman–Crippen MR) is 98.6 cm³/mol. The first kappa shape index (κ1) is 25.1. The Labute approximate surface area is 144 Å². The Balaban J connectivity index is 0. The predicted octanol–water partition coefficient (Wildman–Crippen LogP) is 2.52. The molecule has 0 aliphatic carbocycles. The zero-order valence-corrected chi connectivity index (χ0v) is 15.1.